The lowest BCUT2D eigenvalue weighted by molar-refractivity contribution is 0.0615. The number of nitrogens with one attached hydrogen (secondary N) is 3. The predicted molar refractivity (Wildman–Crippen MR) is 112 cm³/mol. The van der Waals surface area contributed by atoms with E-state index in [9.17, 15) is 9.18 Å². The largest absolute Gasteiger partial charge is 0.441 e. The number of aryl methyl sites for hydroxylation is 1. The van der Waals surface area contributed by atoms with Crippen molar-refractivity contribution in [2.45, 2.75) is 51.8 Å². The van der Waals surface area contributed by atoms with E-state index in [4.69, 9.17) is 14.2 Å². The van der Waals surface area contributed by atoms with E-state index in [1.165, 1.54) is 0 Å². The molecule has 0 aromatic carbocycles. The Morgan fingerprint density at radius 2 is 2.22 bits per heavy atom. The number of nitrogens with zero attached hydrogens (tertiary/aromatic N) is 4. The number of hydrogen-bond donors (Lipinski definition) is 3. The molecule has 0 aliphatic carbocycles. The second-order valence-corrected chi connectivity index (χ2v) is 7.89. The number of imidazole rings is 1. The fourth-order valence-corrected chi connectivity index (χ4v) is 3.47. The number of fused-ring (bicyclic) bond motifs is 1. The van der Waals surface area contributed by atoms with Crippen molar-refractivity contribution in [3.8, 4) is 0 Å². The minimum atomic E-state index is -1.53. The number of hydrogen-bond acceptors (Lipinski definition) is 8. The number of H-pyrrole nitrogens is 1. The van der Waals surface area contributed by atoms with Crippen LogP contribution in [0.3, 0.4) is 0 Å². The summed E-state index contributed by atoms with van der Waals surface area (Å²) in [6, 6.07) is 3.38. The number of carbonyl (C=O) groups excluding carboxylic acids is 1. The summed E-state index contributed by atoms with van der Waals surface area (Å²) >= 11 is 0. The van der Waals surface area contributed by atoms with Gasteiger partial charge in [-0.3, -0.25) is 9.50 Å². The minimum Gasteiger partial charge on any atom is -0.441 e. The molecule has 3 aromatic rings. The van der Waals surface area contributed by atoms with Crippen LogP contribution in [0.15, 0.2) is 18.3 Å². The predicted octanol–water partition coefficient (Wildman–Crippen LogP) is 2.56. The van der Waals surface area contributed by atoms with Crippen molar-refractivity contribution in [1.82, 2.24) is 29.9 Å². The molecule has 0 unspecified atom stereocenters. The number of alkyl halides is 1. The number of anilines is 2. The third-order valence-corrected chi connectivity index (χ3v) is 4.82. The Bertz CT molecular complexity index is 1100. The van der Waals surface area contributed by atoms with Crippen molar-refractivity contribution >= 4 is 23.5 Å². The third-order valence-electron chi connectivity index (χ3n) is 4.82. The molecule has 1 amide bonds. The van der Waals surface area contributed by atoms with Crippen molar-refractivity contribution < 1.29 is 23.4 Å². The van der Waals surface area contributed by atoms with Crippen LogP contribution in [0.4, 0.5) is 21.0 Å². The van der Waals surface area contributed by atoms with Gasteiger partial charge >= 0.3 is 6.09 Å². The maximum absolute atomic E-state index is 14.9. The van der Waals surface area contributed by atoms with Crippen LogP contribution in [0.1, 0.15) is 37.0 Å². The first-order chi connectivity index (χ1) is 15.3. The van der Waals surface area contributed by atoms with Gasteiger partial charge in [-0.1, -0.05) is 0 Å². The molecule has 3 aromatic heterocycles. The average Bonchev–Trinajstić information content (AvgIpc) is 3.41. The molecule has 4 rings (SSSR count). The van der Waals surface area contributed by atoms with Gasteiger partial charge in [-0.2, -0.15) is 5.10 Å². The van der Waals surface area contributed by atoms with Gasteiger partial charge in [0, 0.05) is 37.2 Å². The number of ether oxygens (including phenoxy) is 3. The van der Waals surface area contributed by atoms with Crippen molar-refractivity contribution in [2.24, 2.45) is 0 Å². The highest BCUT2D eigenvalue weighted by Gasteiger charge is 2.42. The van der Waals surface area contributed by atoms with E-state index >= 15 is 0 Å². The van der Waals surface area contributed by atoms with Gasteiger partial charge in [0.05, 0.1) is 24.6 Å². The number of methoxy groups -OCH3 is 1. The Balaban J connectivity index is 1.47. The van der Waals surface area contributed by atoms with E-state index in [1.807, 2.05) is 19.2 Å². The lowest BCUT2D eigenvalue weighted by Crippen LogP contribution is -2.36. The second kappa shape index (κ2) is 9.09. The summed E-state index contributed by atoms with van der Waals surface area (Å²) in [6.45, 7) is 5.78. The van der Waals surface area contributed by atoms with Gasteiger partial charge in [0.25, 0.3) is 0 Å². The van der Waals surface area contributed by atoms with Gasteiger partial charge in [-0.05, 0) is 20.8 Å². The number of halogens is 1. The van der Waals surface area contributed by atoms with Gasteiger partial charge in [0.1, 0.15) is 11.8 Å². The van der Waals surface area contributed by atoms with Crippen molar-refractivity contribution in [3.63, 3.8) is 0 Å². The van der Waals surface area contributed by atoms with E-state index in [-0.39, 0.29) is 12.6 Å². The highest BCUT2D eigenvalue weighted by molar-refractivity contribution is 5.67. The van der Waals surface area contributed by atoms with Crippen LogP contribution in [0, 0.1) is 6.92 Å². The molecular formula is C20H26FN7O4. The summed E-state index contributed by atoms with van der Waals surface area (Å²) in [7, 11) is 1.60. The molecule has 1 aliphatic heterocycles. The maximum atomic E-state index is 14.9. The van der Waals surface area contributed by atoms with Crippen molar-refractivity contribution in [3.05, 3.63) is 35.4 Å². The van der Waals surface area contributed by atoms with Crippen molar-refractivity contribution in [2.75, 3.05) is 19.0 Å². The van der Waals surface area contributed by atoms with E-state index in [1.54, 1.807) is 31.4 Å². The first-order valence-corrected chi connectivity index (χ1v) is 10.2. The zero-order valence-corrected chi connectivity index (χ0v) is 18.3. The van der Waals surface area contributed by atoms with Crippen molar-refractivity contribution in [1.29, 1.82) is 0 Å². The normalized spacial score (nSPS) is 20.8. The highest BCUT2D eigenvalue weighted by Crippen LogP contribution is 2.33. The van der Waals surface area contributed by atoms with Crippen LogP contribution in [0.25, 0.3) is 5.65 Å². The Morgan fingerprint density at radius 1 is 1.41 bits per heavy atom. The fourth-order valence-electron chi connectivity index (χ4n) is 3.47. The molecule has 0 saturated carbocycles. The second-order valence-electron chi connectivity index (χ2n) is 7.89. The Hall–Kier alpha value is -3.25. The topological polar surface area (TPSA) is 128 Å². The smallest absolute Gasteiger partial charge is 0.407 e. The molecule has 32 heavy (non-hydrogen) atoms. The SMILES string of the molecule is COCc1cn2c(Nc3cc([C@H]4OC[C@@H](OC(=O)NC(C)C)[C@@H]4F)[nH]n3)nc(C)cc2n1. The van der Waals surface area contributed by atoms with E-state index in [2.05, 4.69) is 30.8 Å². The van der Waals surface area contributed by atoms with Crippen LogP contribution in [0.5, 0.6) is 0 Å². The van der Waals surface area contributed by atoms with Crippen LogP contribution < -0.4 is 10.6 Å². The summed E-state index contributed by atoms with van der Waals surface area (Å²) in [4.78, 5) is 20.8. The van der Waals surface area contributed by atoms with E-state index < -0.39 is 24.5 Å². The summed E-state index contributed by atoms with van der Waals surface area (Å²) in [6.07, 6.45) is -2.31. The Labute approximate surface area is 183 Å². The quantitative estimate of drug-likeness (QED) is 0.504. The third kappa shape index (κ3) is 4.65. The molecule has 4 heterocycles. The standard InChI is InChI=1S/C20H26FN7O4/c1-10(2)22-20(29)32-14-9-31-18(17(14)21)13-6-15(27-26-13)25-19-23-11(3)5-16-24-12(8-30-4)7-28(16)19/h5-7,10,14,17-18H,8-9H2,1-4H3,(H,22,29)(H2,23,25,26,27)/t14-,17+,18-/m1/s1. The first-order valence-electron chi connectivity index (χ1n) is 10.2. The minimum absolute atomic E-state index is 0.0451. The van der Waals surface area contributed by atoms with Gasteiger partial charge < -0.3 is 24.8 Å². The van der Waals surface area contributed by atoms with Gasteiger partial charge in [-0.25, -0.2) is 19.2 Å². The summed E-state index contributed by atoms with van der Waals surface area (Å²) < 4.78 is 32.5. The molecule has 1 fully saturated rings. The fraction of sp³-hybridized carbons (Fsp3) is 0.500. The van der Waals surface area contributed by atoms with Gasteiger partial charge in [-0.15, -0.1) is 0 Å². The summed E-state index contributed by atoms with van der Waals surface area (Å²) in [5.41, 5.74) is 2.67. The number of rotatable bonds is 7. The van der Waals surface area contributed by atoms with E-state index in [0.29, 0.717) is 29.7 Å². The highest BCUT2D eigenvalue weighted by atomic mass is 19.1. The zero-order chi connectivity index (χ0) is 22.8. The molecule has 0 radical (unpaired) electrons. The number of aromatic amines is 1. The molecule has 172 valence electrons. The molecule has 0 spiro atoms. The number of amides is 1. The lowest BCUT2D eigenvalue weighted by Gasteiger charge is -2.16. The zero-order valence-electron chi connectivity index (χ0n) is 18.3. The first kappa shape index (κ1) is 22.0. The van der Waals surface area contributed by atoms with E-state index in [0.717, 1.165) is 11.4 Å². The van der Waals surface area contributed by atoms with Gasteiger partial charge in [0.15, 0.2) is 18.1 Å². The molecule has 1 saturated heterocycles. The number of aromatic nitrogens is 5. The van der Waals surface area contributed by atoms with Crippen LogP contribution in [-0.2, 0) is 20.8 Å². The number of alkyl carbamates (subject to hydrolysis) is 1. The summed E-state index contributed by atoms with van der Waals surface area (Å²) in [5, 5.41) is 12.7. The monoisotopic (exact) mass is 447 g/mol. The molecule has 3 N–H and O–H groups in total. The molecular weight excluding hydrogens is 421 g/mol. The molecule has 0 bridgehead atoms. The lowest BCUT2D eigenvalue weighted by atomic mass is 10.1. The van der Waals surface area contributed by atoms with Crippen LogP contribution in [0.2, 0.25) is 0 Å². The van der Waals surface area contributed by atoms with Crippen LogP contribution in [-0.4, -0.2) is 62.7 Å². The Morgan fingerprint density at radius 3 is 2.97 bits per heavy atom. The summed E-state index contributed by atoms with van der Waals surface area (Å²) in [5.74, 6) is 0.933. The average molecular weight is 447 g/mol. The Kier molecular flexibility index (Phi) is 6.24. The molecule has 11 nitrogen and oxygen atoms in total. The van der Waals surface area contributed by atoms with Gasteiger partial charge in [0.2, 0.25) is 5.95 Å². The molecule has 12 heteroatoms. The molecule has 1 aliphatic rings. The van der Waals surface area contributed by atoms with Crippen LogP contribution >= 0.6 is 0 Å². The number of carbonyl (C=O) groups is 1. The maximum Gasteiger partial charge on any atom is 0.407 e. The molecule has 3 atom stereocenters.